The number of rotatable bonds is 6. The van der Waals surface area contributed by atoms with E-state index >= 15 is 0 Å². The number of nitrogens with zero attached hydrogens (tertiary/aromatic N) is 1. The topological polar surface area (TPSA) is 113 Å². The zero-order valence-electron chi connectivity index (χ0n) is 13.9. The third-order valence-electron chi connectivity index (χ3n) is 3.65. The summed E-state index contributed by atoms with van der Waals surface area (Å²) < 4.78 is 28.9. The van der Waals surface area contributed by atoms with Gasteiger partial charge in [0.1, 0.15) is 5.70 Å². The van der Waals surface area contributed by atoms with E-state index in [2.05, 4.69) is 37.2 Å². The minimum atomic E-state index is -3.42. The molecular weight excluding hydrogens is 496 g/mol. The third kappa shape index (κ3) is 4.27. The molecule has 1 heterocycles. The van der Waals surface area contributed by atoms with Crippen LogP contribution >= 0.6 is 31.9 Å². The number of benzene rings is 1. The van der Waals surface area contributed by atoms with E-state index in [0.717, 1.165) is 6.26 Å². The Morgan fingerprint density at radius 2 is 1.92 bits per heavy atom. The van der Waals surface area contributed by atoms with Crippen LogP contribution in [-0.2, 0) is 24.2 Å². The number of anilines is 1. The molecule has 1 aromatic rings. The summed E-state index contributed by atoms with van der Waals surface area (Å²) in [7, 11) is -2.22. The second kappa shape index (κ2) is 8.07. The van der Waals surface area contributed by atoms with Gasteiger partial charge in [0.15, 0.2) is 9.84 Å². The van der Waals surface area contributed by atoms with Crippen molar-refractivity contribution in [2.45, 2.75) is 4.90 Å². The normalized spacial score (nSPS) is 14.8. The van der Waals surface area contributed by atoms with E-state index in [1.54, 1.807) is 0 Å². The van der Waals surface area contributed by atoms with Crippen LogP contribution in [0.5, 0.6) is 0 Å². The molecule has 0 aromatic heterocycles. The molecule has 0 unspecified atom stereocenters. The number of carbonyl (C=O) groups excluding carboxylic acids is 2. The summed E-state index contributed by atoms with van der Waals surface area (Å²) >= 11 is 6.55. The van der Waals surface area contributed by atoms with Gasteiger partial charge in [0.2, 0.25) is 0 Å². The van der Waals surface area contributed by atoms with Crippen LogP contribution in [0.1, 0.15) is 0 Å². The number of amides is 1. The second-order valence-corrected chi connectivity index (χ2v) is 9.18. The summed E-state index contributed by atoms with van der Waals surface area (Å²) in [5, 5.41) is 12.0. The van der Waals surface area contributed by atoms with Crippen molar-refractivity contribution < 1.29 is 27.9 Å². The molecule has 2 N–H and O–H groups in total. The Bertz CT molecular complexity index is 874. The highest BCUT2D eigenvalue weighted by Crippen LogP contribution is 2.36. The van der Waals surface area contributed by atoms with Gasteiger partial charge in [-0.15, -0.1) is 0 Å². The first-order valence-electron chi connectivity index (χ1n) is 7.27. The van der Waals surface area contributed by atoms with Gasteiger partial charge < -0.3 is 20.1 Å². The summed E-state index contributed by atoms with van der Waals surface area (Å²) in [6, 6.07) is 2.79. The maximum Gasteiger partial charge on any atom is 0.337 e. The van der Waals surface area contributed by atoms with E-state index in [0.29, 0.717) is 14.6 Å². The molecule has 142 valence electrons. The van der Waals surface area contributed by atoms with Gasteiger partial charge in [-0.25, -0.2) is 13.2 Å². The second-order valence-electron chi connectivity index (χ2n) is 5.45. The van der Waals surface area contributed by atoms with Crippen molar-refractivity contribution >= 4 is 59.3 Å². The van der Waals surface area contributed by atoms with Crippen LogP contribution in [0.4, 0.5) is 5.69 Å². The molecule has 11 heteroatoms. The van der Waals surface area contributed by atoms with Crippen molar-refractivity contribution in [1.82, 2.24) is 4.90 Å². The molecule has 26 heavy (non-hydrogen) atoms. The van der Waals surface area contributed by atoms with Crippen molar-refractivity contribution in [3.63, 3.8) is 0 Å². The lowest BCUT2D eigenvalue weighted by molar-refractivity contribution is -0.136. The molecule has 0 atom stereocenters. The van der Waals surface area contributed by atoms with E-state index in [4.69, 9.17) is 9.84 Å². The van der Waals surface area contributed by atoms with Crippen molar-refractivity contribution in [3.05, 3.63) is 32.3 Å². The van der Waals surface area contributed by atoms with Gasteiger partial charge >= 0.3 is 5.97 Å². The first-order chi connectivity index (χ1) is 12.1. The average molecular weight is 512 g/mol. The lowest BCUT2D eigenvalue weighted by Crippen LogP contribution is -2.31. The molecule has 0 radical (unpaired) electrons. The van der Waals surface area contributed by atoms with E-state index < -0.39 is 21.7 Å². The third-order valence-corrected chi connectivity index (χ3v) is 5.99. The Labute approximate surface area is 167 Å². The minimum absolute atomic E-state index is 0.00502. The van der Waals surface area contributed by atoms with Crippen LogP contribution < -0.4 is 5.32 Å². The van der Waals surface area contributed by atoms with Crippen molar-refractivity contribution in [2.24, 2.45) is 0 Å². The molecule has 0 bridgehead atoms. The number of esters is 1. The SMILES string of the molecule is COC(=O)C1=C(Nc2c(Br)cc(S(C)(=O)=O)cc2Br)C(=O)N(CCO)C1. The Hall–Kier alpha value is -1.43. The average Bonchev–Trinajstić information content (AvgIpc) is 2.86. The van der Waals surface area contributed by atoms with Crippen LogP contribution in [0.2, 0.25) is 0 Å². The summed E-state index contributed by atoms with van der Waals surface area (Å²) in [5.41, 5.74) is 0.517. The number of aliphatic hydroxyl groups excluding tert-OH is 1. The number of hydrogen-bond donors (Lipinski definition) is 2. The lowest BCUT2D eigenvalue weighted by atomic mass is 10.2. The Morgan fingerprint density at radius 3 is 2.38 bits per heavy atom. The smallest absolute Gasteiger partial charge is 0.337 e. The van der Waals surface area contributed by atoms with E-state index in [9.17, 15) is 18.0 Å². The van der Waals surface area contributed by atoms with Crippen molar-refractivity contribution in [3.8, 4) is 0 Å². The van der Waals surface area contributed by atoms with Crippen molar-refractivity contribution in [2.75, 3.05) is 38.4 Å². The van der Waals surface area contributed by atoms with Gasteiger partial charge in [0, 0.05) is 21.7 Å². The van der Waals surface area contributed by atoms with Gasteiger partial charge in [0.25, 0.3) is 5.91 Å². The fourth-order valence-electron chi connectivity index (χ4n) is 2.36. The number of hydrogen-bond acceptors (Lipinski definition) is 7. The molecule has 1 amide bonds. The monoisotopic (exact) mass is 510 g/mol. The zero-order valence-corrected chi connectivity index (χ0v) is 17.9. The summed E-state index contributed by atoms with van der Waals surface area (Å²) in [4.78, 5) is 25.9. The van der Waals surface area contributed by atoms with E-state index in [-0.39, 0.29) is 35.9 Å². The maximum atomic E-state index is 12.5. The van der Waals surface area contributed by atoms with Gasteiger partial charge in [-0.1, -0.05) is 0 Å². The van der Waals surface area contributed by atoms with Gasteiger partial charge in [-0.2, -0.15) is 0 Å². The number of aliphatic hydroxyl groups is 1. The zero-order chi connectivity index (χ0) is 19.6. The number of methoxy groups -OCH3 is 1. The molecule has 1 aliphatic rings. The number of nitrogens with one attached hydrogen (secondary N) is 1. The largest absolute Gasteiger partial charge is 0.466 e. The Morgan fingerprint density at radius 1 is 1.35 bits per heavy atom. The highest BCUT2D eigenvalue weighted by Gasteiger charge is 2.35. The van der Waals surface area contributed by atoms with Gasteiger partial charge in [-0.05, 0) is 44.0 Å². The number of β-amino-alcohol motifs (C(OH)–C–C–N with tert-alkyl or cyclic N) is 1. The van der Waals surface area contributed by atoms with Crippen LogP contribution in [0, 0.1) is 0 Å². The fraction of sp³-hybridized carbons (Fsp3) is 0.333. The molecular formula is C15H16Br2N2O6S. The number of carbonyl (C=O) groups is 2. The summed E-state index contributed by atoms with van der Waals surface area (Å²) in [5.74, 6) is -1.13. The molecule has 1 aromatic carbocycles. The Kier molecular flexibility index (Phi) is 6.48. The number of sulfone groups is 1. The maximum absolute atomic E-state index is 12.5. The molecule has 8 nitrogen and oxygen atoms in total. The van der Waals surface area contributed by atoms with E-state index in [1.165, 1.54) is 24.1 Å². The van der Waals surface area contributed by atoms with Crippen LogP contribution in [0.25, 0.3) is 0 Å². The van der Waals surface area contributed by atoms with Gasteiger partial charge in [-0.3, -0.25) is 4.79 Å². The van der Waals surface area contributed by atoms with Crippen LogP contribution in [-0.4, -0.2) is 63.4 Å². The van der Waals surface area contributed by atoms with Crippen molar-refractivity contribution in [1.29, 1.82) is 0 Å². The number of halogens is 2. The fourth-order valence-corrected chi connectivity index (χ4v) is 4.71. The highest BCUT2D eigenvalue weighted by atomic mass is 79.9. The molecule has 0 aliphatic carbocycles. The predicted octanol–water partition coefficient (Wildman–Crippen LogP) is 1.29. The molecule has 0 spiro atoms. The first-order valence-corrected chi connectivity index (χ1v) is 10.8. The van der Waals surface area contributed by atoms with Crippen LogP contribution in [0.15, 0.2) is 37.2 Å². The molecule has 0 saturated carbocycles. The Balaban J connectivity index is 2.47. The standard InChI is InChI=1S/C15H16Br2N2O6S/c1-25-15(22)9-7-19(3-4-20)14(21)12(9)18-13-10(16)5-8(6-11(13)17)26(2,23)24/h5-6,18,20H,3-4,7H2,1-2H3. The lowest BCUT2D eigenvalue weighted by Gasteiger charge is -2.16. The van der Waals surface area contributed by atoms with Gasteiger partial charge in [0.05, 0.1) is 36.4 Å². The minimum Gasteiger partial charge on any atom is -0.466 e. The molecule has 0 fully saturated rings. The highest BCUT2D eigenvalue weighted by molar-refractivity contribution is 9.11. The summed E-state index contributed by atoms with van der Waals surface area (Å²) in [6.45, 7) is -0.172. The molecule has 1 aliphatic heterocycles. The molecule has 0 saturated heterocycles. The number of ether oxygens (including phenoxy) is 1. The predicted molar refractivity (Wildman–Crippen MR) is 101 cm³/mol. The first kappa shape index (κ1) is 20.9. The van der Waals surface area contributed by atoms with Crippen LogP contribution in [0.3, 0.4) is 0 Å². The quantitative estimate of drug-likeness (QED) is 0.553. The molecule has 2 rings (SSSR count). The summed E-state index contributed by atoms with van der Waals surface area (Å²) in [6.07, 6.45) is 1.08. The van der Waals surface area contributed by atoms with E-state index in [1.807, 2.05) is 0 Å².